The molecule has 21 heavy (non-hydrogen) atoms. The summed E-state index contributed by atoms with van der Waals surface area (Å²) in [4.78, 5) is 22.3. The molecule has 0 aliphatic carbocycles. The molecule has 0 atom stereocenters. The Morgan fingerprint density at radius 2 is 2.24 bits per heavy atom. The lowest BCUT2D eigenvalue weighted by Gasteiger charge is -2.07. The van der Waals surface area contributed by atoms with Gasteiger partial charge in [0.05, 0.1) is 12.2 Å². The first kappa shape index (κ1) is 14.8. The van der Waals surface area contributed by atoms with Gasteiger partial charge in [-0.2, -0.15) is 5.10 Å². The first-order valence-corrected chi connectivity index (χ1v) is 6.51. The molecule has 1 aromatic heterocycles. The molecule has 6 nitrogen and oxygen atoms in total. The molecule has 0 bridgehead atoms. The van der Waals surface area contributed by atoms with Crippen LogP contribution in [0.3, 0.4) is 0 Å². The number of aryl methyl sites for hydroxylation is 1. The second-order valence-corrected chi connectivity index (χ2v) is 4.35. The van der Waals surface area contributed by atoms with Gasteiger partial charge in [0.1, 0.15) is 11.4 Å². The minimum absolute atomic E-state index is 0.153. The molecule has 0 spiro atoms. The average Bonchev–Trinajstić information content (AvgIpc) is 2.87. The molecular formula is C15H16N2O4. The van der Waals surface area contributed by atoms with Crippen LogP contribution in [0.15, 0.2) is 30.5 Å². The van der Waals surface area contributed by atoms with Crippen LogP contribution in [0.1, 0.15) is 17.3 Å². The summed E-state index contributed by atoms with van der Waals surface area (Å²) in [6.07, 6.45) is 2.41. The first-order chi connectivity index (χ1) is 10.1. The molecule has 0 aliphatic rings. The SMILES string of the molecule is CCOC(=O)COc1cccc(-c2nn(C)cc2C=O)c1. The van der Waals surface area contributed by atoms with Crippen molar-refractivity contribution in [2.75, 3.05) is 13.2 Å². The van der Waals surface area contributed by atoms with Crippen molar-refractivity contribution in [1.82, 2.24) is 9.78 Å². The number of benzene rings is 1. The van der Waals surface area contributed by atoms with Gasteiger partial charge in [-0.25, -0.2) is 4.79 Å². The standard InChI is InChI=1S/C15H16N2O4/c1-3-20-14(19)10-21-13-6-4-5-11(7-13)15-12(9-18)8-17(2)16-15/h4-9H,3,10H2,1-2H3. The number of rotatable bonds is 6. The minimum Gasteiger partial charge on any atom is -0.482 e. The van der Waals surface area contributed by atoms with Crippen molar-refractivity contribution >= 4 is 12.3 Å². The summed E-state index contributed by atoms with van der Waals surface area (Å²) < 4.78 is 11.7. The van der Waals surface area contributed by atoms with Gasteiger partial charge in [0.25, 0.3) is 0 Å². The van der Waals surface area contributed by atoms with E-state index in [-0.39, 0.29) is 6.61 Å². The highest BCUT2D eigenvalue weighted by Gasteiger charge is 2.11. The Hall–Kier alpha value is -2.63. The highest BCUT2D eigenvalue weighted by Crippen LogP contribution is 2.24. The van der Waals surface area contributed by atoms with E-state index in [2.05, 4.69) is 5.10 Å². The van der Waals surface area contributed by atoms with E-state index in [1.54, 1.807) is 43.0 Å². The predicted molar refractivity (Wildman–Crippen MR) is 76.2 cm³/mol. The highest BCUT2D eigenvalue weighted by atomic mass is 16.6. The topological polar surface area (TPSA) is 70.4 Å². The molecule has 2 rings (SSSR count). The number of ether oxygens (including phenoxy) is 2. The molecule has 0 amide bonds. The Morgan fingerprint density at radius 1 is 1.43 bits per heavy atom. The normalized spacial score (nSPS) is 10.2. The van der Waals surface area contributed by atoms with Crippen LogP contribution in [0.5, 0.6) is 5.75 Å². The van der Waals surface area contributed by atoms with Gasteiger partial charge in [-0.15, -0.1) is 0 Å². The molecule has 0 radical (unpaired) electrons. The molecule has 110 valence electrons. The summed E-state index contributed by atoms with van der Waals surface area (Å²) in [6, 6.07) is 7.06. The number of aromatic nitrogens is 2. The zero-order chi connectivity index (χ0) is 15.2. The third-order valence-corrected chi connectivity index (χ3v) is 2.75. The largest absolute Gasteiger partial charge is 0.482 e. The fourth-order valence-electron chi connectivity index (χ4n) is 1.90. The van der Waals surface area contributed by atoms with Crippen LogP contribution in [0.2, 0.25) is 0 Å². The van der Waals surface area contributed by atoms with E-state index < -0.39 is 5.97 Å². The van der Waals surface area contributed by atoms with Crippen LogP contribution < -0.4 is 4.74 Å². The number of aldehydes is 1. The van der Waals surface area contributed by atoms with E-state index in [4.69, 9.17) is 9.47 Å². The van der Waals surface area contributed by atoms with E-state index in [9.17, 15) is 9.59 Å². The number of nitrogens with zero attached hydrogens (tertiary/aromatic N) is 2. The van der Waals surface area contributed by atoms with Gasteiger partial charge >= 0.3 is 5.97 Å². The van der Waals surface area contributed by atoms with Crippen molar-refractivity contribution in [3.8, 4) is 17.0 Å². The molecular weight excluding hydrogens is 272 g/mol. The van der Waals surface area contributed by atoms with Gasteiger partial charge in [0.2, 0.25) is 0 Å². The predicted octanol–water partition coefficient (Wildman–Crippen LogP) is 1.84. The Labute approximate surface area is 122 Å². The van der Waals surface area contributed by atoms with E-state index >= 15 is 0 Å². The van der Waals surface area contributed by atoms with Gasteiger partial charge in [-0.05, 0) is 19.1 Å². The molecule has 1 heterocycles. The van der Waals surface area contributed by atoms with Crippen LogP contribution in [0, 0.1) is 0 Å². The zero-order valence-electron chi connectivity index (χ0n) is 11.9. The third-order valence-electron chi connectivity index (χ3n) is 2.75. The third kappa shape index (κ3) is 3.68. The Kier molecular flexibility index (Phi) is 4.71. The maximum atomic E-state index is 11.3. The van der Waals surface area contributed by atoms with Gasteiger partial charge in [0, 0.05) is 18.8 Å². The quantitative estimate of drug-likeness (QED) is 0.599. The van der Waals surface area contributed by atoms with Crippen molar-refractivity contribution in [1.29, 1.82) is 0 Å². The summed E-state index contributed by atoms with van der Waals surface area (Å²) in [5.41, 5.74) is 1.83. The van der Waals surface area contributed by atoms with Crippen molar-refractivity contribution in [3.63, 3.8) is 0 Å². The van der Waals surface area contributed by atoms with Gasteiger partial charge in [0.15, 0.2) is 12.9 Å². The van der Waals surface area contributed by atoms with Gasteiger partial charge < -0.3 is 9.47 Å². The zero-order valence-corrected chi connectivity index (χ0v) is 11.9. The van der Waals surface area contributed by atoms with Gasteiger partial charge in [-0.1, -0.05) is 12.1 Å². The van der Waals surface area contributed by atoms with Crippen molar-refractivity contribution in [2.45, 2.75) is 6.92 Å². The Morgan fingerprint density at radius 3 is 2.95 bits per heavy atom. The van der Waals surface area contributed by atoms with E-state index in [1.165, 1.54) is 0 Å². The monoisotopic (exact) mass is 288 g/mol. The summed E-state index contributed by atoms with van der Waals surface area (Å²) in [5.74, 6) is 0.0948. The van der Waals surface area contributed by atoms with Crippen LogP contribution in [0.4, 0.5) is 0 Å². The first-order valence-electron chi connectivity index (χ1n) is 6.51. The fraction of sp³-hybridized carbons (Fsp3) is 0.267. The van der Waals surface area contributed by atoms with Crippen LogP contribution in [-0.4, -0.2) is 35.2 Å². The summed E-state index contributed by atoms with van der Waals surface area (Å²) in [7, 11) is 1.75. The van der Waals surface area contributed by atoms with Crippen molar-refractivity contribution in [3.05, 3.63) is 36.0 Å². The number of carbonyl (C=O) groups excluding carboxylic acids is 2. The maximum absolute atomic E-state index is 11.3. The number of carbonyl (C=O) groups is 2. The Balaban J connectivity index is 2.17. The minimum atomic E-state index is -0.422. The molecule has 0 saturated heterocycles. The maximum Gasteiger partial charge on any atom is 0.344 e. The lowest BCUT2D eigenvalue weighted by Crippen LogP contribution is -2.14. The average molecular weight is 288 g/mol. The summed E-state index contributed by atoms with van der Waals surface area (Å²) in [5, 5.41) is 4.26. The Bertz CT molecular complexity index is 649. The lowest BCUT2D eigenvalue weighted by atomic mass is 10.1. The molecule has 0 aliphatic heterocycles. The molecule has 2 aromatic rings. The summed E-state index contributed by atoms with van der Waals surface area (Å²) in [6.45, 7) is 1.90. The van der Waals surface area contributed by atoms with Crippen LogP contribution in [0.25, 0.3) is 11.3 Å². The summed E-state index contributed by atoms with van der Waals surface area (Å²) >= 11 is 0. The van der Waals surface area contributed by atoms with E-state index in [0.29, 0.717) is 23.6 Å². The van der Waals surface area contributed by atoms with E-state index in [0.717, 1.165) is 11.8 Å². The molecule has 0 unspecified atom stereocenters. The van der Waals surface area contributed by atoms with Crippen molar-refractivity contribution < 1.29 is 19.1 Å². The molecule has 6 heteroatoms. The fourth-order valence-corrected chi connectivity index (χ4v) is 1.90. The number of esters is 1. The molecule has 0 saturated carbocycles. The second-order valence-electron chi connectivity index (χ2n) is 4.35. The second kappa shape index (κ2) is 6.69. The van der Waals surface area contributed by atoms with Crippen LogP contribution >= 0.6 is 0 Å². The number of hydrogen-bond acceptors (Lipinski definition) is 5. The smallest absolute Gasteiger partial charge is 0.344 e. The highest BCUT2D eigenvalue weighted by molar-refractivity contribution is 5.85. The number of hydrogen-bond donors (Lipinski definition) is 0. The molecule has 0 fully saturated rings. The van der Waals surface area contributed by atoms with E-state index in [1.807, 2.05) is 6.07 Å². The molecule has 0 N–H and O–H groups in total. The van der Waals surface area contributed by atoms with Gasteiger partial charge in [-0.3, -0.25) is 9.48 Å². The molecule has 1 aromatic carbocycles. The van der Waals surface area contributed by atoms with Crippen molar-refractivity contribution in [2.24, 2.45) is 7.05 Å². The lowest BCUT2D eigenvalue weighted by molar-refractivity contribution is -0.145. The van der Waals surface area contributed by atoms with Crippen LogP contribution in [-0.2, 0) is 16.6 Å².